The van der Waals surface area contributed by atoms with Gasteiger partial charge in [-0.3, -0.25) is 4.79 Å². The molecule has 2 heteroatoms. The fourth-order valence-corrected chi connectivity index (χ4v) is 1.45. The van der Waals surface area contributed by atoms with E-state index < -0.39 is 11.4 Å². The molecule has 0 heterocycles. The Morgan fingerprint density at radius 2 is 2.60 bits per heavy atom. The van der Waals surface area contributed by atoms with E-state index in [4.69, 9.17) is 5.11 Å². The van der Waals surface area contributed by atoms with Gasteiger partial charge in [0.1, 0.15) is 0 Å². The van der Waals surface area contributed by atoms with Crippen molar-refractivity contribution in [3.63, 3.8) is 0 Å². The van der Waals surface area contributed by atoms with Crippen LogP contribution in [0, 0.1) is 11.3 Å². The smallest absolute Gasteiger partial charge is 0.310 e. The first-order valence-electron chi connectivity index (χ1n) is 3.53. The second kappa shape index (κ2) is 2.11. The minimum Gasteiger partial charge on any atom is -0.481 e. The van der Waals surface area contributed by atoms with Crippen LogP contribution in [-0.2, 0) is 4.79 Å². The highest BCUT2D eigenvalue weighted by molar-refractivity contribution is 5.79. The van der Waals surface area contributed by atoms with Crippen molar-refractivity contribution in [2.24, 2.45) is 11.3 Å². The van der Waals surface area contributed by atoms with Gasteiger partial charge in [-0.15, -0.1) is 6.58 Å². The zero-order valence-corrected chi connectivity index (χ0v) is 6.13. The van der Waals surface area contributed by atoms with E-state index in [0.29, 0.717) is 0 Å². The Morgan fingerprint density at radius 3 is 2.70 bits per heavy atom. The number of carboxylic acids is 1. The number of carbonyl (C=O) groups is 1. The lowest BCUT2D eigenvalue weighted by molar-refractivity contribution is -0.143. The maximum atomic E-state index is 10.6. The first kappa shape index (κ1) is 7.32. The summed E-state index contributed by atoms with van der Waals surface area (Å²) in [5.74, 6) is -0.449. The van der Waals surface area contributed by atoms with E-state index in [2.05, 4.69) is 6.58 Å². The number of carboxylic acid groups (broad SMARTS) is 1. The standard InChI is InChI=1S/C8H12O2/c1-3-6-5-8(6,4-2)7(9)10/h3,6H,1,4-5H2,2H3,(H,9,10). The summed E-state index contributed by atoms with van der Waals surface area (Å²) in [6, 6.07) is 0. The molecule has 2 unspecified atom stereocenters. The van der Waals surface area contributed by atoms with Crippen molar-refractivity contribution in [1.29, 1.82) is 0 Å². The minimum atomic E-state index is -0.667. The van der Waals surface area contributed by atoms with Crippen LogP contribution in [0.3, 0.4) is 0 Å². The lowest BCUT2D eigenvalue weighted by Crippen LogP contribution is -2.15. The molecule has 1 N–H and O–H groups in total. The summed E-state index contributed by atoms with van der Waals surface area (Å²) >= 11 is 0. The molecule has 0 aromatic rings. The Hall–Kier alpha value is -0.790. The Labute approximate surface area is 60.6 Å². The van der Waals surface area contributed by atoms with E-state index in [0.717, 1.165) is 12.8 Å². The number of rotatable bonds is 3. The summed E-state index contributed by atoms with van der Waals surface area (Å²) in [4.78, 5) is 10.6. The molecule has 1 fully saturated rings. The lowest BCUT2D eigenvalue weighted by atomic mass is 10.0. The van der Waals surface area contributed by atoms with Gasteiger partial charge in [0, 0.05) is 0 Å². The molecular formula is C8H12O2. The molecule has 0 aliphatic heterocycles. The molecule has 2 nitrogen and oxygen atoms in total. The molecule has 10 heavy (non-hydrogen) atoms. The van der Waals surface area contributed by atoms with Crippen LogP contribution in [0.1, 0.15) is 19.8 Å². The maximum Gasteiger partial charge on any atom is 0.310 e. The van der Waals surface area contributed by atoms with Crippen LogP contribution in [0.5, 0.6) is 0 Å². The molecule has 0 aromatic carbocycles. The van der Waals surface area contributed by atoms with Crippen molar-refractivity contribution in [2.75, 3.05) is 0 Å². The molecular weight excluding hydrogens is 128 g/mol. The Bertz CT molecular complexity index is 174. The highest BCUT2D eigenvalue weighted by atomic mass is 16.4. The van der Waals surface area contributed by atoms with Gasteiger partial charge in [-0.2, -0.15) is 0 Å². The van der Waals surface area contributed by atoms with E-state index in [9.17, 15) is 4.79 Å². The predicted octanol–water partition coefficient (Wildman–Crippen LogP) is 1.67. The fraction of sp³-hybridized carbons (Fsp3) is 0.625. The summed E-state index contributed by atoms with van der Waals surface area (Å²) in [6.45, 7) is 5.50. The van der Waals surface area contributed by atoms with Gasteiger partial charge in [-0.1, -0.05) is 13.0 Å². The van der Waals surface area contributed by atoms with Crippen molar-refractivity contribution in [3.8, 4) is 0 Å². The van der Waals surface area contributed by atoms with Crippen molar-refractivity contribution in [3.05, 3.63) is 12.7 Å². The lowest BCUT2D eigenvalue weighted by Gasteiger charge is -2.05. The van der Waals surface area contributed by atoms with Gasteiger partial charge in [-0.05, 0) is 18.8 Å². The van der Waals surface area contributed by atoms with E-state index in [1.807, 2.05) is 6.92 Å². The molecule has 0 spiro atoms. The molecule has 56 valence electrons. The van der Waals surface area contributed by atoms with Crippen molar-refractivity contribution in [2.45, 2.75) is 19.8 Å². The van der Waals surface area contributed by atoms with Gasteiger partial charge < -0.3 is 5.11 Å². The zero-order chi connectivity index (χ0) is 7.78. The largest absolute Gasteiger partial charge is 0.481 e. The number of allylic oxidation sites excluding steroid dienone is 1. The second-order valence-corrected chi connectivity index (χ2v) is 2.86. The third-order valence-corrected chi connectivity index (χ3v) is 2.48. The summed E-state index contributed by atoms with van der Waals surface area (Å²) in [5.41, 5.74) is -0.443. The minimum absolute atomic E-state index is 0.218. The molecule has 1 aliphatic carbocycles. The third kappa shape index (κ3) is 0.753. The number of aliphatic carboxylic acids is 1. The average Bonchev–Trinajstić information content (AvgIpc) is 2.62. The maximum absolute atomic E-state index is 10.6. The fourth-order valence-electron chi connectivity index (χ4n) is 1.45. The van der Waals surface area contributed by atoms with Gasteiger partial charge in [0.15, 0.2) is 0 Å². The van der Waals surface area contributed by atoms with Crippen LogP contribution in [0.4, 0.5) is 0 Å². The first-order valence-corrected chi connectivity index (χ1v) is 3.53. The Balaban J connectivity index is 2.67. The number of hydrogen-bond donors (Lipinski definition) is 1. The van der Waals surface area contributed by atoms with Crippen molar-refractivity contribution >= 4 is 5.97 Å². The summed E-state index contributed by atoms with van der Waals surface area (Å²) in [5, 5.41) is 8.76. The third-order valence-electron chi connectivity index (χ3n) is 2.48. The molecule has 0 amide bonds. The molecule has 1 aliphatic rings. The van der Waals surface area contributed by atoms with E-state index >= 15 is 0 Å². The second-order valence-electron chi connectivity index (χ2n) is 2.86. The topological polar surface area (TPSA) is 37.3 Å². The Morgan fingerprint density at radius 1 is 2.00 bits per heavy atom. The zero-order valence-electron chi connectivity index (χ0n) is 6.13. The summed E-state index contributed by atoms with van der Waals surface area (Å²) in [6.07, 6.45) is 3.25. The molecule has 0 saturated heterocycles. The quantitative estimate of drug-likeness (QED) is 0.605. The Kier molecular flexibility index (Phi) is 1.55. The molecule has 0 bridgehead atoms. The monoisotopic (exact) mass is 140 g/mol. The molecule has 1 saturated carbocycles. The van der Waals surface area contributed by atoms with E-state index in [1.54, 1.807) is 6.08 Å². The summed E-state index contributed by atoms with van der Waals surface area (Å²) in [7, 11) is 0. The van der Waals surface area contributed by atoms with E-state index in [1.165, 1.54) is 0 Å². The van der Waals surface area contributed by atoms with Crippen LogP contribution in [0.25, 0.3) is 0 Å². The van der Waals surface area contributed by atoms with Crippen molar-refractivity contribution < 1.29 is 9.90 Å². The van der Waals surface area contributed by atoms with Gasteiger partial charge >= 0.3 is 5.97 Å². The average molecular weight is 140 g/mol. The molecule has 0 aromatic heterocycles. The molecule has 1 rings (SSSR count). The van der Waals surface area contributed by atoms with Crippen LogP contribution in [-0.4, -0.2) is 11.1 Å². The number of hydrogen-bond acceptors (Lipinski definition) is 1. The van der Waals surface area contributed by atoms with Gasteiger partial charge in [0.2, 0.25) is 0 Å². The van der Waals surface area contributed by atoms with Crippen LogP contribution < -0.4 is 0 Å². The molecule has 2 atom stereocenters. The van der Waals surface area contributed by atoms with Crippen LogP contribution in [0.2, 0.25) is 0 Å². The van der Waals surface area contributed by atoms with Gasteiger partial charge in [-0.25, -0.2) is 0 Å². The van der Waals surface area contributed by atoms with Crippen LogP contribution >= 0.6 is 0 Å². The van der Waals surface area contributed by atoms with Crippen molar-refractivity contribution in [1.82, 2.24) is 0 Å². The predicted molar refractivity (Wildman–Crippen MR) is 38.7 cm³/mol. The highest BCUT2D eigenvalue weighted by Gasteiger charge is 2.57. The normalized spacial score (nSPS) is 37.1. The molecule has 0 radical (unpaired) electrons. The van der Waals surface area contributed by atoms with Crippen LogP contribution in [0.15, 0.2) is 12.7 Å². The highest BCUT2D eigenvalue weighted by Crippen LogP contribution is 2.55. The van der Waals surface area contributed by atoms with Gasteiger partial charge in [0.05, 0.1) is 5.41 Å². The SMILES string of the molecule is C=CC1CC1(CC)C(=O)O. The first-order chi connectivity index (χ1) is 4.67. The summed E-state index contributed by atoms with van der Waals surface area (Å²) < 4.78 is 0. The van der Waals surface area contributed by atoms with E-state index in [-0.39, 0.29) is 5.92 Å². The van der Waals surface area contributed by atoms with Gasteiger partial charge in [0.25, 0.3) is 0 Å².